The van der Waals surface area contributed by atoms with Crippen molar-refractivity contribution in [3.63, 3.8) is 0 Å². The molecule has 0 unspecified atom stereocenters. The smallest absolute Gasteiger partial charge is 0.404 e. The molecule has 0 saturated heterocycles. The van der Waals surface area contributed by atoms with Crippen LogP contribution < -0.4 is 16.0 Å². The number of hydrogen-bond acceptors (Lipinski definition) is 5. The fourth-order valence-electron chi connectivity index (χ4n) is 3.80. The number of nitrogens with one attached hydrogen (secondary N) is 3. The molecule has 0 fully saturated rings. The zero-order valence-corrected chi connectivity index (χ0v) is 23.0. The average molecular weight is 533 g/mol. The first kappa shape index (κ1) is 33.8. The van der Waals surface area contributed by atoms with E-state index in [0.717, 1.165) is 12.2 Å². The molecule has 0 aliphatic heterocycles. The quantitative estimate of drug-likeness (QED) is 0.123. The zero-order chi connectivity index (χ0) is 27.0. The first-order valence-corrected chi connectivity index (χ1v) is 14.5. The topological polar surface area (TPSA) is 148 Å². The molecule has 0 aromatic carbocycles. The molecular weight excluding hydrogens is 484 g/mol. The van der Waals surface area contributed by atoms with Crippen LogP contribution in [0.4, 0.5) is 9.59 Å². The van der Waals surface area contributed by atoms with E-state index in [1.54, 1.807) is 16.7 Å². The predicted octanol–water partition coefficient (Wildman–Crippen LogP) is 4.29. The third-order valence-electron chi connectivity index (χ3n) is 5.68. The Morgan fingerprint density at radius 2 is 1.22 bits per heavy atom. The number of thioether (sulfide) groups is 1. The molecule has 0 aliphatic rings. The fourth-order valence-corrected chi connectivity index (χ4v) is 4.83. The summed E-state index contributed by atoms with van der Waals surface area (Å²) in [6.07, 6.45) is 11.2. The molecule has 0 spiro atoms. The Morgan fingerprint density at radius 3 is 1.67 bits per heavy atom. The molecule has 0 aliphatic carbocycles. The number of unbranched alkanes of at least 4 members (excludes halogenated alkanes) is 9. The third kappa shape index (κ3) is 21.1. The van der Waals surface area contributed by atoms with Crippen molar-refractivity contribution in [2.24, 2.45) is 0 Å². The van der Waals surface area contributed by atoms with E-state index in [-0.39, 0.29) is 24.9 Å². The highest BCUT2D eigenvalue weighted by Crippen LogP contribution is 2.14. The Labute approximate surface area is 220 Å². The van der Waals surface area contributed by atoms with Gasteiger partial charge in [-0.2, -0.15) is 11.8 Å². The Kier molecular flexibility index (Phi) is 21.8. The SMILES string of the molecule is CCCCCCCCCCCCSC[C@H](NC(C)=O)C(=O)N(CCCNC(=O)O)CCCNC(=O)O. The van der Waals surface area contributed by atoms with Crippen molar-refractivity contribution >= 4 is 35.8 Å². The maximum absolute atomic E-state index is 13.2. The Hall–Kier alpha value is -2.17. The highest BCUT2D eigenvalue weighted by molar-refractivity contribution is 7.99. The van der Waals surface area contributed by atoms with Crippen LogP contribution in [0.5, 0.6) is 0 Å². The van der Waals surface area contributed by atoms with Gasteiger partial charge >= 0.3 is 12.2 Å². The van der Waals surface area contributed by atoms with E-state index in [9.17, 15) is 19.2 Å². The second-order valence-corrected chi connectivity index (χ2v) is 10.2. The second kappa shape index (κ2) is 23.2. The normalized spacial score (nSPS) is 11.5. The van der Waals surface area contributed by atoms with Gasteiger partial charge in [0.1, 0.15) is 6.04 Å². The van der Waals surface area contributed by atoms with Gasteiger partial charge in [0, 0.05) is 38.9 Å². The first-order chi connectivity index (χ1) is 17.3. The molecule has 10 nitrogen and oxygen atoms in total. The lowest BCUT2D eigenvalue weighted by Gasteiger charge is -2.28. The molecule has 0 aromatic heterocycles. The van der Waals surface area contributed by atoms with Gasteiger partial charge in [-0.3, -0.25) is 9.59 Å². The second-order valence-electron chi connectivity index (χ2n) is 9.01. The van der Waals surface area contributed by atoms with E-state index >= 15 is 0 Å². The summed E-state index contributed by atoms with van der Waals surface area (Å²) in [6.45, 7) is 4.63. The minimum atomic E-state index is -1.13. The summed E-state index contributed by atoms with van der Waals surface area (Å²) in [4.78, 5) is 47.8. The van der Waals surface area contributed by atoms with Crippen LogP contribution in [0, 0.1) is 0 Å². The number of carbonyl (C=O) groups is 4. The van der Waals surface area contributed by atoms with Crippen LogP contribution in [-0.2, 0) is 9.59 Å². The van der Waals surface area contributed by atoms with Crippen LogP contribution in [0.25, 0.3) is 0 Å². The molecule has 11 heteroatoms. The van der Waals surface area contributed by atoms with Crippen LogP contribution in [0.3, 0.4) is 0 Å². The van der Waals surface area contributed by atoms with Gasteiger partial charge in [-0.25, -0.2) is 9.59 Å². The van der Waals surface area contributed by atoms with Gasteiger partial charge in [0.15, 0.2) is 0 Å². The number of carboxylic acid groups (broad SMARTS) is 2. The zero-order valence-electron chi connectivity index (χ0n) is 22.2. The molecule has 0 bridgehead atoms. The molecule has 4 amide bonds. The molecule has 0 aromatic rings. The van der Waals surface area contributed by atoms with Crippen LogP contribution >= 0.6 is 11.8 Å². The molecule has 1 atom stereocenters. The monoisotopic (exact) mass is 532 g/mol. The van der Waals surface area contributed by atoms with Crippen molar-refractivity contribution in [3.8, 4) is 0 Å². The highest BCUT2D eigenvalue weighted by Gasteiger charge is 2.25. The molecule has 5 N–H and O–H groups in total. The molecule has 0 saturated carbocycles. The summed E-state index contributed by atoms with van der Waals surface area (Å²) in [5.41, 5.74) is 0. The number of rotatable bonds is 23. The van der Waals surface area contributed by atoms with Gasteiger partial charge < -0.3 is 31.1 Å². The van der Waals surface area contributed by atoms with Gasteiger partial charge in [0.05, 0.1) is 0 Å². The van der Waals surface area contributed by atoms with Gasteiger partial charge in [-0.05, 0) is 25.0 Å². The Morgan fingerprint density at radius 1 is 0.750 bits per heavy atom. The van der Waals surface area contributed by atoms with Crippen LogP contribution in [0.2, 0.25) is 0 Å². The van der Waals surface area contributed by atoms with Crippen LogP contribution in [-0.4, -0.2) is 82.8 Å². The maximum atomic E-state index is 13.2. The van der Waals surface area contributed by atoms with E-state index in [1.807, 2.05) is 0 Å². The lowest BCUT2D eigenvalue weighted by molar-refractivity contribution is -0.135. The van der Waals surface area contributed by atoms with Crippen LogP contribution in [0.1, 0.15) is 90.9 Å². The minimum Gasteiger partial charge on any atom is -0.465 e. The number of carbonyl (C=O) groups excluding carboxylic acids is 2. The lowest BCUT2D eigenvalue weighted by atomic mass is 10.1. The van der Waals surface area contributed by atoms with Gasteiger partial charge in [0.2, 0.25) is 11.8 Å². The third-order valence-corrected chi connectivity index (χ3v) is 6.82. The molecular formula is C25H48N4O6S. The van der Waals surface area contributed by atoms with Crippen molar-refractivity contribution in [1.29, 1.82) is 0 Å². The van der Waals surface area contributed by atoms with E-state index < -0.39 is 18.2 Å². The van der Waals surface area contributed by atoms with Gasteiger partial charge in [0.25, 0.3) is 0 Å². The van der Waals surface area contributed by atoms with Crippen LogP contribution in [0.15, 0.2) is 0 Å². The lowest BCUT2D eigenvalue weighted by Crippen LogP contribution is -2.50. The van der Waals surface area contributed by atoms with E-state index in [2.05, 4.69) is 22.9 Å². The van der Waals surface area contributed by atoms with Crippen molar-refractivity contribution in [1.82, 2.24) is 20.9 Å². The molecule has 0 radical (unpaired) electrons. The number of nitrogens with zero attached hydrogens (tertiary/aromatic N) is 1. The summed E-state index contributed by atoms with van der Waals surface area (Å²) in [5, 5.41) is 24.8. The average Bonchev–Trinajstić information content (AvgIpc) is 2.82. The Balaban J connectivity index is 4.50. The summed E-state index contributed by atoms with van der Waals surface area (Å²) in [6, 6.07) is -0.671. The maximum Gasteiger partial charge on any atom is 0.404 e. The number of amides is 4. The van der Waals surface area contributed by atoms with Crippen molar-refractivity contribution < 1.29 is 29.4 Å². The molecule has 210 valence electrons. The van der Waals surface area contributed by atoms with E-state index in [1.165, 1.54) is 64.7 Å². The minimum absolute atomic E-state index is 0.199. The summed E-state index contributed by atoms with van der Waals surface area (Å²) < 4.78 is 0. The van der Waals surface area contributed by atoms with E-state index in [4.69, 9.17) is 10.2 Å². The van der Waals surface area contributed by atoms with Gasteiger partial charge in [-0.1, -0.05) is 64.7 Å². The van der Waals surface area contributed by atoms with Gasteiger partial charge in [-0.15, -0.1) is 0 Å². The summed E-state index contributed by atoms with van der Waals surface area (Å²) in [7, 11) is 0. The van der Waals surface area contributed by atoms with E-state index in [0.29, 0.717) is 31.7 Å². The predicted molar refractivity (Wildman–Crippen MR) is 145 cm³/mol. The molecule has 0 rings (SSSR count). The largest absolute Gasteiger partial charge is 0.465 e. The summed E-state index contributed by atoms with van der Waals surface area (Å²) in [5.74, 6) is 0.872. The van der Waals surface area contributed by atoms with Crippen molar-refractivity contribution in [3.05, 3.63) is 0 Å². The highest BCUT2D eigenvalue weighted by atomic mass is 32.2. The number of hydrogen-bond donors (Lipinski definition) is 5. The Bertz CT molecular complexity index is 601. The molecule has 36 heavy (non-hydrogen) atoms. The summed E-state index contributed by atoms with van der Waals surface area (Å²) >= 11 is 1.65. The standard InChI is InChI=1S/C25H48N4O6S/c1-3-4-5-6-7-8-9-10-11-12-19-36-20-22(28-21(2)30)23(31)29(17-13-15-26-24(32)33)18-14-16-27-25(34)35/h22,26-27H,3-20H2,1-2H3,(H,28,30)(H,32,33)(H,34,35)/t22-/m0/s1. The fraction of sp³-hybridized carbons (Fsp3) is 0.840. The molecule has 0 heterocycles. The first-order valence-electron chi connectivity index (χ1n) is 13.3. The van der Waals surface area contributed by atoms with Crippen molar-refractivity contribution in [2.45, 2.75) is 96.9 Å². The van der Waals surface area contributed by atoms with Crippen molar-refractivity contribution in [2.75, 3.05) is 37.7 Å².